The van der Waals surface area contributed by atoms with Crippen LogP contribution in [0.15, 0.2) is 24.7 Å². The van der Waals surface area contributed by atoms with Gasteiger partial charge < -0.3 is 5.32 Å². The molecular formula is C11H15BrN4. The SMILES string of the molecule is CCC(Br)CCNc1nccn2nccc12. The van der Waals surface area contributed by atoms with E-state index in [1.807, 2.05) is 16.8 Å². The van der Waals surface area contributed by atoms with Gasteiger partial charge in [-0.25, -0.2) is 9.50 Å². The zero-order valence-electron chi connectivity index (χ0n) is 9.23. The molecule has 2 aromatic rings. The maximum atomic E-state index is 4.31. The van der Waals surface area contributed by atoms with Crippen LogP contribution in [0.2, 0.25) is 0 Å². The molecule has 0 spiro atoms. The highest BCUT2D eigenvalue weighted by molar-refractivity contribution is 9.09. The zero-order chi connectivity index (χ0) is 11.4. The maximum Gasteiger partial charge on any atom is 0.152 e. The molecule has 4 nitrogen and oxygen atoms in total. The second-order valence-corrected chi connectivity index (χ2v) is 4.95. The Morgan fingerprint density at radius 2 is 2.38 bits per heavy atom. The quantitative estimate of drug-likeness (QED) is 0.858. The third-order valence-electron chi connectivity index (χ3n) is 2.52. The molecule has 86 valence electrons. The van der Waals surface area contributed by atoms with E-state index in [2.05, 4.69) is 38.3 Å². The minimum atomic E-state index is 0.574. The summed E-state index contributed by atoms with van der Waals surface area (Å²) < 4.78 is 1.82. The summed E-state index contributed by atoms with van der Waals surface area (Å²) in [7, 11) is 0. The number of hydrogen-bond donors (Lipinski definition) is 1. The van der Waals surface area contributed by atoms with Crippen LogP contribution in [-0.4, -0.2) is 26.0 Å². The van der Waals surface area contributed by atoms with Gasteiger partial charge in [0.05, 0.1) is 6.20 Å². The first-order valence-electron chi connectivity index (χ1n) is 5.47. The summed E-state index contributed by atoms with van der Waals surface area (Å²) in [6, 6.07) is 1.96. The van der Waals surface area contributed by atoms with Crippen LogP contribution in [-0.2, 0) is 0 Å². The lowest BCUT2D eigenvalue weighted by Gasteiger charge is -2.09. The Morgan fingerprint density at radius 1 is 1.50 bits per heavy atom. The predicted molar refractivity (Wildman–Crippen MR) is 69.1 cm³/mol. The average molecular weight is 283 g/mol. The molecule has 0 saturated carbocycles. The number of aromatic nitrogens is 3. The summed E-state index contributed by atoms with van der Waals surface area (Å²) in [5.41, 5.74) is 1.02. The van der Waals surface area contributed by atoms with Crippen LogP contribution in [0.1, 0.15) is 19.8 Å². The molecule has 2 aromatic heterocycles. The number of hydrogen-bond acceptors (Lipinski definition) is 3. The predicted octanol–water partition coefficient (Wildman–Crippen LogP) is 2.70. The normalized spacial score (nSPS) is 12.9. The minimum absolute atomic E-state index is 0.574. The topological polar surface area (TPSA) is 42.2 Å². The molecule has 1 N–H and O–H groups in total. The van der Waals surface area contributed by atoms with E-state index < -0.39 is 0 Å². The van der Waals surface area contributed by atoms with Gasteiger partial charge in [0.1, 0.15) is 5.52 Å². The van der Waals surface area contributed by atoms with Crippen molar-refractivity contribution in [2.24, 2.45) is 0 Å². The Morgan fingerprint density at radius 3 is 3.19 bits per heavy atom. The van der Waals surface area contributed by atoms with Gasteiger partial charge in [0.25, 0.3) is 0 Å². The average Bonchev–Trinajstić information content (AvgIpc) is 2.77. The molecule has 0 amide bonds. The Hall–Kier alpha value is -1.10. The largest absolute Gasteiger partial charge is 0.368 e. The second kappa shape index (κ2) is 5.30. The van der Waals surface area contributed by atoms with Crippen LogP contribution in [0.4, 0.5) is 5.82 Å². The van der Waals surface area contributed by atoms with Gasteiger partial charge in [-0.3, -0.25) is 0 Å². The Labute approximate surface area is 103 Å². The molecule has 0 bridgehead atoms. The van der Waals surface area contributed by atoms with E-state index in [0.717, 1.165) is 30.7 Å². The molecule has 5 heteroatoms. The van der Waals surface area contributed by atoms with E-state index >= 15 is 0 Å². The lowest BCUT2D eigenvalue weighted by Crippen LogP contribution is -2.09. The number of anilines is 1. The first kappa shape index (κ1) is 11.4. The smallest absolute Gasteiger partial charge is 0.152 e. The maximum absolute atomic E-state index is 4.31. The number of alkyl halides is 1. The molecular weight excluding hydrogens is 268 g/mol. The molecule has 2 heterocycles. The van der Waals surface area contributed by atoms with Crippen molar-refractivity contribution in [1.29, 1.82) is 0 Å². The zero-order valence-corrected chi connectivity index (χ0v) is 10.8. The van der Waals surface area contributed by atoms with Crippen molar-refractivity contribution in [1.82, 2.24) is 14.6 Å². The fourth-order valence-corrected chi connectivity index (χ4v) is 1.77. The van der Waals surface area contributed by atoms with E-state index in [1.54, 1.807) is 12.4 Å². The summed E-state index contributed by atoms with van der Waals surface area (Å²) >= 11 is 3.61. The van der Waals surface area contributed by atoms with E-state index in [1.165, 1.54) is 0 Å². The van der Waals surface area contributed by atoms with Gasteiger partial charge in [-0.15, -0.1) is 0 Å². The fraction of sp³-hybridized carbons (Fsp3) is 0.455. The molecule has 0 aliphatic heterocycles. The van der Waals surface area contributed by atoms with Gasteiger partial charge in [-0.2, -0.15) is 5.10 Å². The van der Waals surface area contributed by atoms with E-state index in [4.69, 9.17) is 0 Å². The Kier molecular flexibility index (Phi) is 3.77. The van der Waals surface area contributed by atoms with Crippen LogP contribution in [0.5, 0.6) is 0 Å². The molecule has 1 atom stereocenters. The summed E-state index contributed by atoms with van der Waals surface area (Å²) in [4.78, 5) is 4.89. The lowest BCUT2D eigenvalue weighted by molar-refractivity contribution is 0.772. The van der Waals surface area contributed by atoms with Crippen LogP contribution >= 0.6 is 15.9 Å². The molecule has 2 rings (SSSR count). The van der Waals surface area contributed by atoms with Crippen molar-refractivity contribution in [3.8, 4) is 0 Å². The molecule has 0 saturated heterocycles. The first-order chi connectivity index (χ1) is 7.81. The van der Waals surface area contributed by atoms with Gasteiger partial charge in [-0.05, 0) is 18.9 Å². The molecule has 0 aromatic carbocycles. The number of nitrogens with zero attached hydrogens (tertiary/aromatic N) is 3. The second-order valence-electron chi connectivity index (χ2n) is 3.66. The number of rotatable bonds is 5. The van der Waals surface area contributed by atoms with Crippen molar-refractivity contribution in [3.63, 3.8) is 0 Å². The van der Waals surface area contributed by atoms with Crippen LogP contribution in [0.25, 0.3) is 5.52 Å². The van der Waals surface area contributed by atoms with Gasteiger partial charge >= 0.3 is 0 Å². The summed E-state index contributed by atoms with van der Waals surface area (Å²) in [5.74, 6) is 0.899. The van der Waals surface area contributed by atoms with Gasteiger partial charge in [0.15, 0.2) is 5.82 Å². The Balaban J connectivity index is 2.01. The summed E-state index contributed by atoms with van der Waals surface area (Å²) in [6.07, 6.45) is 7.62. The third kappa shape index (κ3) is 2.52. The number of nitrogens with one attached hydrogen (secondary N) is 1. The van der Waals surface area contributed by atoms with Crippen LogP contribution < -0.4 is 5.32 Å². The van der Waals surface area contributed by atoms with Gasteiger partial charge in [-0.1, -0.05) is 22.9 Å². The highest BCUT2D eigenvalue weighted by Crippen LogP contribution is 2.14. The third-order valence-corrected chi connectivity index (χ3v) is 3.62. The fourth-order valence-electron chi connectivity index (χ4n) is 1.55. The van der Waals surface area contributed by atoms with Crippen molar-refractivity contribution >= 4 is 27.3 Å². The Bertz CT molecular complexity index is 454. The van der Waals surface area contributed by atoms with Crippen molar-refractivity contribution in [3.05, 3.63) is 24.7 Å². The van der Waals surface area contributed by atoms with Crippen LogP contribution in [0.3, 0.4) is 0 Å². The molecule has 0 aliphatic carbocycles. The highest BCUT2D eigenvalue weighted by atomic mass is 79.9. The summed E-state index contributed by atoms with van der Waals surface area (Å²) in [5, 5.41) is 7.50. The van der Waals surface area contributed by atoms with Gasteiger partial charge in [0, 0.05) is 23.8 Å². The van der Waals surface area contributed by atoms with Gasteiger partial charge in [0.2, 0.25) is 0 Å². The first-order valence-corrected chi connectivity index (χ1v) is 6.39. The van der Waals surface area contributed by atoms with E-state index in [-0.39, 0.29) is 0 Å². The van der Waals surface area contributed by atoms with E-state index in [0.29, 0.717) is 4.83 Å². The summed E-state index contributed by atoms with van der Waals surface area (Å²) in [6.45, 7) is 3.09. The number of fused-ring (bicyclic) bond motifs is 1. The molecule has 1 unspecified atom stereocenters. The highest BCUT2D eigenvalue weighted by Gasteiger charge is 2.04. The molecule has 0 radical (unpaired) electrons. The van der Waals surface area contributed by atoms with Crippen molar-refractivity contribution in [2.45, 2.75) is 24.6 Å². The standard InChI is InChI=1S/C11H15BrN4/c1-2-9(12)3-5-13-11-10-4-6-15-16(10)8-7-14-11/h4,6-9H,2-3,5H2,1H3,(H,13,14). The van der Waals surface area contributed by atoms with Crippen LogP contribution in [0, 0.1) is 0 Å². The number of halogens is 1. The molecule has 0 aliphatic rings. The molecule has 16 heavy (non-hydrogen) atoms. The van der Waals surface area contributed by atoms with Crippen molar-refractivity contribution < 1.29 is 0 Å². The monoisotopic (exact) mass is 282 g/mol. The van der Waals surface area contributed by atoms with Crippen molar-refractivity contribution in [2.75, 3.05) is 11.9 Å². The lowest BCUT2D eigenvalue weighted by atomic mass is 10.2. The molecule has 0 fully saturated rings. The minimum Gasteiger partial charge on any atom is -0.368 e. The van der Waals surface area contributed by atoms with E-state index in [9.17, 15) is 0 Å².